The van der Waals surface area contributed by atoms with Crippen LogP contribution in [0.1, 0.15) is 5.56 Å². The second-order valence-corrected chi connectivity index (χ2v) is 3.59. The van der Waals surface area contributed by atoms with Gasteiger partial charge in [0.1, 0.15) is 0 Å². The number of hydrogen-bond acceptors (Lipinski definition) is 3. The van der Waals surface area contributed by atoms with Crippen LogP contribution in [0.15, 0.2) is 18.2 Å². The van der Waals surface area contributed by atoms with Crippen LogP contribution in [0.2, 0.25) is 0 Å². The van der Waals surface area contributed by atoms with E-state index in [0.717, 1.165) is 5.52 Å². The van der Waals surface area contributed by atoms with Gasteiger partial charge in [-0.1, -0.05) is 17.4 Å². The van der Waals surface area contributed by atoms with Crippen LogP contribution in [0.5, 0.6) is 0 Å². The van der Waals surface area contributed by atoms with Crippen molar-refractivity contribution in [1.82, 2.24) is 4.98 Å². The molecule has 2 aromatic rings. The van der Waals surface area contributed by atoms with Crippen molar-refractivity contribution in [3.05, 3.63) is 23.8 Å². The van der Waals surface area contributed by atoms with Crippen molar-refractivity contribution < 1.29 is 0 Å². The first-order valence-corrected chi connectivity index (χ1v) is 4.20. The summed E-state index contributed by atoms with van der Waals surface area (Å²) in [6.45, 7) is 2.06. The number of nitrogen functional groups attached to an aromatic ring is 1. The first kappa shape index (κ1) is 9.29. The lowest BCUT2D eigenvalue weighted by Gasteiger charge is -1.88. The van der Waals surface area contributed by atoms with E-state index in [9.17, 15) is 0 Å². The molecule has 4 heteroatoms. The summed E-state index contributed by atoms with van der Waals surface area (Å²) in [5.41, 5.74) is 7.80. The molecule has 0 aliphatic heterocycles. The Bertz CT molecular complexity index is 397. The third-order valence-electron chi connectivity index (χ3n) is 1.56. The average molecular weight is 201 g/mol. The molecular formula is C8H9ClN2S. The Kier molecular flexibility index (Phi) is 2.55. The number of anilines is 1. The van der Waals surface area contributed by atoms with Gasteiger partial charge < -0.3 is 5.73 Å². The zero-order valence-corrected chi connectivity index (χ0v) is 8.21. The number of hydrogen-bond donors (Lipinski definition) is 1. The van der Waals surface area contributed by atoms with Gasteiger partial charge >= 0.3 is 0 Å². The van der Waals surface area contributed by atoms with Gasteiger partial charge in [0.15, 0.2) is 5.13 Å². The van der Waals surface area contributed by atoms with E-state index in [1.165, 1.54) is 21.6 Å². The van der Waals surface area contributed by atoms with Crippen LogP contribution in [0, 0.1) is 6.92 Å². The Balaban J connectivity index is 0.000000720. The summed E-state index contributed by atoms with van der Waals surface area (Å²) < 4.78 is 1.17. The molecule has 1 aromatic heterocycles. The molecule has 0 saturated carbocycles. The van der Waals surface area contributed by atoms with Gasteiger partial charge in [0.25, 0.3) is 0 Å². The molecule has 0 saturated heterocycles. The molecule has 2 N–H and O–H groups in total. The van der Waals surface area contributed by atoms with Gasteiger partial charge in [0.2, 0.25) is 0 Å². The number of nitrogens with two attached hydrogens (primary N) is 1. The molecule has 0 unspecified atom stereocenters. The topological polar surface area (TPSA) is 38.9 Å². The maximum atomic E-state index is 5.55. The van der Waals surface area contributed by atoms with Crippen LogP contribution < -0.4 is 5.73 Å². The fourth-order valence-corrected chi connectivity index (χ4v) is 1.88. The summed E-state index contributed by atoms with van der Waals surface area (Å²) in [5, 5.41) is 0.644. The Hall–Kier alpha value is -0.800. The standard InChI is InChI=1S/C8H8N2S.ClH/c1-5-2-3-6-7(4-5)11-8(9)10-6;/h2-4H,1H3,(H2,9,10);1H. The molecular weight excluding hydrogens is 192 g/mol. The van der Waals surface area contributed by atoms with E-state index in [1.807, 2.05) is 12.1 Å². The fraction of sp³-hybridized carbons (Fsp3) is 0.125. The van der Waals surface area contributed by atoms with Gasteiger partial charge in [-0.05, 0) is 24.6 Å². The first-order chi connectivity index (χ1) is 5.25. The molecule has 0 spiro atoms. The molecule has 12 heavy (non-hydrogen) atoms. The molecule has 0 atom stereocenters. The Morgan fingerprint density at radius 2 is 2.17 bits per heavy atom. The number of benzene rings is 1. The van der Waals surface area contributed by atoms with Crippen LogP contribution in [0.4, 0.5) is 5.13 Å². The number of thiazole rings is 1. The van der Waals surface area contributed by atoms with E-state index in [-0.39, 0.29) is 12.4 Å². The van der Waals surface area contributed by atoms with Gasteiger partial charge in [0, 0.05) is 0 Å². The normalized spacial score (nSPS) is 9.75. The lowest BCUT2D eigenvalue weighted by Crippen LogP contribution is -1.78. The van der Waals surface area contributed by atoms with Crippen LogP contribution in [0.25, 0.3) is 10.2 Å². The molecule has 0 fully saturated rings. The number of nitrogens with zero attached hydrogens (tertiary/aromatic N) is 1. The van der Waals surface area contributed by atoms with Gasteiger partial charge in [-0.3, -0.25) is 0 Å². The van der Waals surface area contributed by atoms with E-state index >= 15 is 0 Å². The zero-order valence-electron chi connectivity index (χ0n) is 6.57. The SMILES string of the molecule is Cc1ccc2nc(N)sc2c1.Cl. The summed E-state index contributed by atoms with van der Waals surface area (Å²) >= 11 is 1.53. The predicted octanol–water partition coefficient (Wildman–Crippen LogP) is 2.61. The number of halogens is 1. The maximum absolute atomic E-state index is 5.55. The lowest BCUT2D eigenvalue weighted by molar-refractivity contribution is 1.46. The van der Waals surface area contributed by atoms with Gasteiger partial charge in [0.05, 0.1) is 10.2 Å². The second-order valence-electron chi connectivity index (χ2n) is 2.52. The third kappa shape index (κ3) is 1.52. The summed E-state index contributed by atoms with van der Waals surface area (Å²) in [7, 11) is 0. The number of fused-ring (bicyclic) bond motifs is 1. The van der Waals surface area contributed by atoms with E-state index in [4.69, 9.17) is 5.73 Å². The molecule has 1 aromatic carbocycles. The molecule has 0 aliphatic carbocycles. The molecule has 0 bridgehead atoms. The van der Waals surface area contributed by atoms with Crippen molar-refractivity contribution in [3.63, 3.8) is 0 Å². The average Bonchev–Trinajstić information content (AvgIpc) is 2.27. The Morgan fingerprint density at radius 3 is 2.92 bits per heavy atom. The second kappa shape index (κ2) is 3.29. The van der Waals surface area contributed by atoms with Crippen molar-refractivity contribution in [2.75, 3.05) is 5.73 Å². The number of rotatable bonds is 0. The van der Waals surface area contributed by atoms with Crippen molar-refractivity contribution in [2.45, 2.75) is 6.92 Å². The smallest absolute Gasteiger partial charge is 0.181 e. The van der Waals surface area contributed by atoms with Gasteiger partial charge in [-0.25, -0.2) is 4.98 Å². The minimum atomic E-state index is 0. The highest BCUT2D eigenvalue weighted by Crippen LogP contribution is 2.23. The minimum absolute atomic E-state index is 0. The molecule has 0 amide bonds. The lowest BCUT2D eigenvalue weighted by atomic mass is 10.2. The molecule has 0 radical (unpaired) electrons. The van der Waals surface area contributed by atoms with Crippen LogP contribution in [-0.4, -0.2) is 4.98 Å². The maximum Gasteiger partial charge on any atom is 0.181 e. The van der Waals surface area contributed by atoms with Crippen molar-refractivity contribution in [1.29, 1.82) is 0 Å². The Labute approximate surface area is 80.8 Å². The highest BCUT2D eigenvalue weighted by Gasteiger charge is 1.98. The van der Waals surface area contributed by atoms with E-state index < -0.39 is 0 Å². The highest BCUT2D eigenvalue weighted by atomic mass is 35.5. The number of aryl methyl sites for hydroxylation is 1. The zero-order chi connectivity index (χ0) is 7.84. The molecule has 64 valence electrons. The van der Waals surface area contributed by atoms with E-state index in [0.29, 0.717) is 5.13 Å². The molecule has 2 rings (SSSR count). The van der Waals surface area contributed by atoms with Gasteiger partial charge in [-0.15, -0.1) is 12.4 Å². The summed E-state index contributed by atoms with van der Waals surface area (Å²) in [5.74, 6) is 0. The van der Waals surface area contributed by atoms with Crippen LogP contribution >= 0.6 is 23.7 Å². The highest BCUT2D eigenvalue weighted by molar-refractivity contribution is 7.22. The molecule has 2 nitrogen and oxygen atoms in total. The quantitative estimate of drug-likeness (QED) is 0.710. The fourth-order valence-electron chi connectivity index (χ4n) is 1.05. The van der Waals surface area contributed by atoms with Crippen molar-refractivity contribution in [3.8, 4) is 0 Å². The first-order valence-electron chi connectivity index (χ1n) is 3.38. The third-order valence-corrected chi connectivity index (χ3v) is 2.41. The molecule has 0 aliphatic rings. The monoisotopic (exact) mass is 200 g/mol. The summed E-state index contributed by atoms with van der Waals surface area (Å²) in [6.07, 6.45) is 0. The van der Waals surface area contributed by atoms with Crippen LogP contribution in [-0.2, 0) is 0 Å². The van der Waals surface area contributed by atoms with Crippen molar-refractivity contribution >= 4 is 39.1 Å². The van der Waals surface area contributed by atoms with Crippen LogP contribution in [0.3, 0.4) is 0 Å². The largest absolute Gasteiger partial charge is 0.375 e. The predicted molar refractivity (Wildman–Crippen MR) is 56.0 cm³/mol. The van der Waals surface area contributed by atoms with E-state index in [1.54, 1.807) is 0 Å². The summed E-state index contributed by atoms with van der Waals surface area (Å²) in [6, 6.07) is 6.14. The van der Waals surface area contributed by atoms with E-state index in [2.05, 4.69) is 18.0 Å². The summed E-state index contributed by atoms with van der Waals surface area (Å²) in [4.78, 5) is 4.15. The number of aromatic nitrogens is 1. The molecule has 1 heterocycles. The van der Waals surface area contributed by atoms with Gasteiger partial charge in [-0.2, -0.15) is 0 Å². The Morgan fingerprint density at radius 1 is 1.42 bits per heavy atom. The van der Waals surface area contributed by atoms with Crippen molar-refractivity contribution in [2.24, 2.45) is 0 Å². The minimum Gasteiger partial charge on any atom is -0.375 e.